The molecule has 0 aromatic carbocycles. The van der Waals surface area contributed by atoms with Gasteiger partial charge >= 0.3 is 0 Å². The lowest BCUT2D eigenvalue weighted by atomic mass is 10.3. The van der Waals surface area contributed by atoms with E-state index in [0.29, 0.717) is 13.1 Å². The maximum atomic E-state index is 9.10. The summed E-state index contributed by atoms with van der Waals surface area (Å²) in [4.78, 5) is 13.8. The zero-order chi connectivity index (χ0) is 26.4. The lowest BCUT2D eigenvalue weighted by Gasteiger charge is -2.42. The SMILES string of the molecule is COCCCN1CN(CCO)CN(CCCOC)C1.COCCCN1CN(CCO)CN(CCO)C1. The van der Waals surface area contributed by atoms with Crippen LogP contribution in [-0.2, 0) is 14.2 Å². The van der Waals surface area contributed by atoms with E-state index >= 15 is 0 Å². The molecule has 0 unspecified atom stereocenters. The molecule has 2 aliphatic heterocycles. The summed E-state index contributed by atoms with van der Waals surface area (Å²) in [5.41, 5.74) is 0. The molecule has 12 nitrogen and oxygen atoms in total. The molecule has 0 aromatic heterocycles. The zero-order valence-corrected chi connectivity index (χ0v) is 23.1. The highest BCUT2D eigenvalue weighted by molar-refractivity contribution is 4.70. The van der Waals surface area contributed by atoms with Gasteiger partial charge in [-0.25, -0.2) is 0 Å². The molecule has 2 aliphatic rings. The smallest absolute Gasteiger partial charge is 0.0559 e. The van der Waals surface area contributed by atoms with Crippen molar-refractivity contribution in [1.29, 1.82) is 0 Å². The molecule has 2 fully saturated rings. The average molecular weight is 523 g/mol. The number of ether oxygens (including phenoxy) is 3. The van der Waals surface area contributed by atoms with Crippen LogP contribution in [0.15, 0.2) is 0 Å². The molecule has 216 valence electrons. The van der Waals surface area contributed by atoms with Gasteiger partial charge in [-0.3, -0.25) is 29.4 Å². The van der Waals surface area contributed by atoms with Crippen molar-refractivity contribution in [3.05, 3.63) is 0 Å². The van der Waals surface area contributed by atoms with E-state index in [1.54, 1.807) is 21.3 Å². The average Bonchev–Trinajstić information content (AvgIpc) is 2.86. The largest absolute Gasteiger partial charge is 0.395 e. The van der Waals surface area contributed by atoms with Crippen molar-refractivity contribution in [2.24, 2.45) is 0 Å². The molecule has 36 heavy (non-hydrogen) atoms. The van der Waals surface area contributed by atoms with Gasteiger partial charge in [-0.15, -0.1) is 0 Å². The number of aliphatic hydroxyl groups is 3. The Hall–Kier alpha value is -0.480. The second-order valence-electron chi connectivity index (χ2n) is 9.42. The van der Waals surface area contributed by atoms with Gasteiger partial charge in [-0.1, -0.05) is 0 Å². The fraction of sp³-hybridized carbons (Fsp3) is 1.00. The van der Waals surface area contributed by atoms with E-state index < -0.39 is 0 Å². The molecule has 2 rings (SSSR count). The van der Waals surface area contributed by atoms with E-state index in [4.69, 9.17) is 29.5 Å². The van der Waals surface area contributed by atoms with Crippen LogP contribution in [-0.4, -0.2) is 185 Å². The molecule has 2 saturated heterocycles. The normalized spacial score (nSPS) is 19.5. The monoisotopic (exact) mass is 522 g/mol. The second-order valence-corrected chi connectivity index (χ2v) is 9.42. The summed E-state index contributed by atoms with van der Waals surface area (Å²) >= 11 is 0. The van der Waals surface area contributed by atoms with Crippen LogP contribution in [0.4, 0.5) is 0 Å². The number of rotatable bonds is 18. The van der Waals surface area contributed by atoms with Gasteiger partial charge in [0.1, 0.15) is 0 Å². The van der Waals surface area contributed by atoms with Crippen molar-refractivity contribution in [3.8, 4) is 0 Å². The number of β-amino-alcohol motifs (C(OH)–C–C–N with tert-alkyl or cyclic N) is 3. The summed E-state index contributed by atoms with van der Waals surface area (Å²) in [7, 11) is 5.20. The third-order valence-corrected chi connectivity index (χ3v) is 6.12. The number of methoxy groups -OCH3 is 3. The first-order valence-corrected chi connectivity index (χ1v) is 13.2. The third-order valence-electron chi connectivity index (χ3n) is 6.12. The van der Waals surface area contributed by atoms with Crippen molar-refractivity contribution < 1.29 is 29.5 Å². The first-order valence-electron chi connectivity index (χ1n) is 13.2. The molecular formula is C24H54N6O6. The number of hydrogen-bond acceptors (Lipinski definition) is 12. The molecule has 0 bridgehead atoms. The number of nitrogens with zero attached hydrogens (tertiary/aromatic N) is 6. The highest BCUT2D eigenvalue weighted by Gasteiger charge is 2.23. The van der Waals surface area contributed by atoms with Crippen molar-refractivity contribution >= 4 is 0 Å². The molecule has 0 radical (unpaired) electrons. The Bertz CT molecular complexity index is 466. The van der Waals surface area contributed by atoms with E-state index in [9.17, 15) is 0 Å². The summed E-state index contributed by atoms with van der Waals surface area (Å²) in [5.74, 6) is 0. The molecule has 0 amide bonds. The van der Waals surface area contributed by atoms with Crippen LogP contribution in [0.5, 0.6) is 0 Å². The van der Waals surface area contributed by atoms with Crippen LogP contribution >= 0.6 is 0 Å². The molecule has 12 heteroatoms. The minimum Gasteiger partial charge on any atom is -0.395 e. The van der Waals surface area contributed by atoms with Gasteiger partial charge in [0.25, 0.3) is 0 Å². The van der Waals surface area contributed by atoms with Gasteiger partial charge in [0.05, 0.1) is 59.8 Å². The molecule has 0 atom stereocenters. The fourth-order valence-electron chi connectivity index (χ4n) is 4.54. The molecule has 3 N–H and O–H groups in total. The highest BCUT2D eigenvalue weighted by Crippen LogP contribution is 2.09. The molecule has 0 aromatic rings. The quantitative estimate of drug-likeness (QED) is 0.185. The zero-order valence-electron chi connectivity index (χ0n) is 23.1. The van der Waals surface area contributed by atoms with Crippen molar-refractivity contribution in [2.75, 3.05) is 140 Å². The molecule has 0 saturated carbocycles. The predicted octanol–water partition coefficient (Wildman–Crippen LogP) is -1.36. The minimum atomic E-state index is 0.179. The Morgan fingerprint density at radius 2 is 0.639 bits per heavy atom. The van der Waals surface area contributed by atoms with Crippen LogP contribution in [0.3, 0.4) is 0 Å². The number of aliphatic hydroxyl groups excluding tert-OH is 3. The molecule has 0 aliphatic carbocycles. The second kappa shape index (κ2) is 22.5. The summed E-state index contributed by atoms with van der Waals surface area (Å²) in [6.07, 6.45) is 3.11. The first-order chi connectivity index (χ1) is 17.6. The summed E-state index contributed by atoms with van der Waals surface area (Å²) in [6, 6.07) is 0. The van der Waals surface area contributed by atoms with E-state index in [-0.39, 0.29) is 19.8 Å². The Morgan fingerprint density at radius 3 is 0.833 bits per heavy atom. The number of hydrogen-bond donors (Lipinski definition) is 3. The first kappa shape index (κ1) is 33.5. The fourth-order valence-corrected chi connectivity index (χ4v) is 4.54. The van der Waals surface area contributed by atoms with E-state index in [1.165, 1.54) is 0 Å². The predicted molar refractivity (Wildman–Crippen MR) is 140 cm³/mol. The van der Waals surface area contributed by atoms with Gasteiger partial charge < -0.3 is 29.5 Å². The van der Waals surface area contributed by atoms with Crippen LogP contribution < -0.4 is 0 Å². The van der Waals surface area contributed by atoms with Crippen LogP contribution in [0.1, 0.15) is 19.3 Å². The Morgan fingerprint density at radius 1 is 0.417 bits per heavy atom. The Balaban J connectivity index is 0.000000362. The van der Waals surface area contributed by atoms with Gasteiger partial charge in [-0.05, 0) is 19.3 Å². The lowest BCUT2D eigenvalue weighted by Crippen LogP contribution is -2.56. The van der Waals surface area contributed by atoms with E-state index in [1.807, 2.05) is 0 Å². The highest BCUT2D eigenvalue weighted by atomic mass is 16.5. The Kier molecular flexibility index (Phi) is 21.0. The molecule has 0 spiro atoms. The van der Waals surface area contributed by atoms with Crippen LogP contribution in [0, 0.1) is 0 Å². The van der Waals surface area contributed by atoms with E-state index in [2.05, 4.69) is 29.4 Å². The summed E-state index contributed by atoms with van der Waals surface area (Å²) in [6.45, 7) is 13.6. The summed E-state index contributed by atoms with van der Waals surface area (Å²) < 4.78 is 15.3. The molecule has 2 heterocycles. The topological polar surface area (TPSA) is 108 Å². The Labute approximate surface area is 218 Å². The van der Waals surface area contributed by atoms with E-state index in [0.717, 1.165) is 105 Å². The van der Waals surface area contributed by atoms with Crippen molar-refractivity contribution in [2.45, 2.75) is 19.3 Å². The van der Waals surface area contributed by atoms with Gasteiger partial charge in [0.15, 0.2) is 0 Å². The van der Waals surface area contributed by atoms with Crippen molar-refractivity contribution in [1.82, 2.24) is 29.4 Å². The van der Waals surface area contributed by atoms with Gasteiger partial charge in [0, 0.05) is 80.4 Å². The van der Waals surface area contributed by atoms with Crippen LogP contribution in [0.25, 0.3) is 0 Å². The van der Waals surface area contributed by atoms with Gasteiger partial charge in [0.2, 0.25) is 0 Å². The maximum Gasteiger partial charge on any atom is 0.0559 e. The molecular weight excluding hydrogens is 468 g/mol. The van der Waals surface area contributed by atoms with Crippen molar-refractivity contribution in [3.63, 3.8) is 0 Å². The van der Waals surface area contributed by atoms with Gasteiger partial charge in [-0.2, -0.15) is 0 Å². The van der Waals surface area contributed by atoms with Crippen LogP contribution in [0.2, 0.25) is 0 Å². The maximum absolute atomic E-state index is 9.10. The third kappa shape index (κ3) is 15.7. The summed E-state index contributed by atoms with van der Waals surface area (Å²) in [5, 5.41) is 27.1. The minimum absolute atomic E-state index is 0.179. The standard InChI is InChI=1S/C13H29N3O3.C11H25N3O3/c1-18-9-3-5-14-11-15(6-4-10-19-2)13-16(12-14)7-8-17;1-17-8-2-3-12-9-13(4-6-15)11-14(10-12)5-7-16/h17H,3-13H2,1-2H3;15-16H,2-11H2,1H3. The lowest BCUT2D eigenvalue weighted by molar-refractivity contribution is -0.0421.